The molecule has 1 aliphatic rings. The Bertz CT molecular complexity index is 1090. The molecule has 1 aromatic carbocycles. The van der Waals surface area contributed by atoms with E-state index in [-0.39, 0.29) is 23.7 Å². The molecule has 2 N–H and O–H groups in total. The minimum atomic E-state index is -0.943. The number of carboxylic acid groups (broad SMARTS) is 1. The number of hydrogen-bond acceptors (Lipinski definition) is 4. The van der Waals surface area contributed by atoms with Crippen molar-refractivity contribution in [2.24, 2.45) is 0 Å². The van der Waals surface area contributed by atoms with Gasteiger partial charge in [-0.25, -0.2) is 4.79 Å². The van der Waals surface area contributed by atoms with Gasteiger partial charge in [-0.05, 0) is 75.0 Å². The van der Waals surface area contributed by atoms with E-state index in [4.69, 9.17) is 16.6 Å². The Balaban J connectivity index is 1.74. The van der Waals surface area contributed by atoms with E-state index in [0.717, 1.165) is 22.6 Å². The van der Waals surface area contributed by atoms with Gasteiger partial charge in [0.25, 0.3) is 0 Å². The normalized spacial score (nSPS) is 18.7. The second-order valence-corrected chi connectivity index (χ2v) is 8.05. The number of thiocarbonyl (C=S) groups is 1. The predicted octanol–water partition coefficient (Wildman–Crippen LogP) is 4.73. The molecule has 6 nitrogen and oxygen atoms in total. The Labute approximate surface area is 180 Å². The number of carbonyl (C=O) groups is 1. The molecule has 0 amide bonds. The number of hydrogen-bond donors (Lipinski definition) is 2. The van der Waals surface area contributed by atoms with E-state index in [2.05, 4.69) is 29.0 Å². The van der Waals surface area contributed by atoms with Crippen molar-refractivity contribution in [3.63, 3.8) is 0 Å². The van der Waals surface area contributed by atoms with Gasteiger partial charge in [0.2, 0.25) is 0 Å². The molecule has 0 saturated carbocycles. The summed E-state index contributed by atoms with van der Waals surface area (Å²) >= 11 is 5.62. The molecule has 1 aliphatic heterocycles. The summed E-state index contributed by atoms with van der Waals surface area (Å²) in [6.07, 6.45) is 1.77. The monoisotopic (exact) mass is 421 g/mol. The summed E-state index contributed by atoms with van der Waals surface area (Å²) in [4.78, 5) is 17.9. The van der Waals surface area contributed by atoms with Crippen LogP contribution in [-0.2, 0) is 0 Å². The molecular formula is C23H23N3O3S. The van der Waals surface area contributed by atoms with Crippen LogP contribution in [0.3, 0.4) is 0 Å². The van der Waals surface area contributed by atoms with E-state index >= 15 is 0 Å². The number of aryl methyl sites for hydroxylation is 1. The second kappa shape index (κ2) is 7.91. The number of pyridine rings is 1. The SMILES string of the molecule is Cc1cc(C(=O)O)ccc1-c1ccc([C@@H]2[C@H](c3ccccn3)NC(=S)N2C(C)C)o1. The third kappa shape index (κ3) is 3.57. The summed E-state index contributed by atoms with van der Waals surface area (Å²) in [7, 11) is 0. The van der Waals surface area contributed by atoms with Crippen molar-refractivity contribution in [3.05, 3.63) is 77.3 Å². The Hall–Kier alpha value is -3.19. The first-order chi connectivity index (χ1) is 14.4. The molecule has 3 heterocycles. The zero-order chi connectivity index (χ0) is 21.4. The Morgan fingerprint density at radius 1 is 1.23 bits per heavy atom. The van der Waals surface area contributed by atoms with Crippen LogP contribution in [0.4, 0.5) is 0 Å². The van der Waals surface area contributed by atoms with Gasteiger partial charge >= 0.3 is 5.97 Å². The molecule has 0 spiro atoms. The summed E-state index contributed by atoms with van der Waals surface area (Å²) in [5.74, 6) is 0.533. The van der Waals surface area contributed by atoms with Crippen molar-refractivity contribution in [3.8, 4) is 11.3 Å². The third-order valence-electron chi connectivity index (χ3n) is 5.35. The lowest BCUT2D eigenvalue weighted by Crippen LogP contribution is -2.35. The standard InChI is InChI=1S/C23H23N3O3S/c1-13(2)26-21(20(25-23(26)30)17-6-4-5-11-24-17)19-10-9-18(29-19)16-8-7-15(22(27)28)12-14(16)3/h4-13,20-21H,1-3H3,(H,25,30)(H,27,28)/t20-,21+/m0/s1. The fraction of sp³-hybridized carbons (Fsp3) is 0.261. The lowest BCUT2D eigenvalue weighted by molar-refractivity contribution is 0.0697. The number of rotatable bonds is 5. The first-order valence-electron chi connectivity index (χ1n) is 9.80. The van der Waals surface area contributed by atoms with Crippen LogP contribution >= 0.6 is 12.2 Å². The smallest absolute Gasteiger partial charge is 0.335 e. The van der Waals surface area contributed by atoms with Crippen molar-refractivity contribution in [1.29, 1.82) is 0 Å². The predicted molar refractivity (Wildman–Crippen MR) is 118 cm³/mol. The average molecular weight is 422 g/mol. The molecule has 0 bridgehead atoms. The second-order valence-electron chi connectivity index (χ2n) is 7.66. The van der Waals surface area contributed by atoms with Crippen LogP contribution in [0.2, 0.25) is 0 Å². The van der Waals surface area contributed by atoms with Crippen LogP contribution in [-0.4, -0.2) is 32.1 Å². The number of aromatic nitrogens is 1. The van der Waals surface area contributed by atoms with Crippen molar-refractivity contribution >= 4 is 23.3 Å². The van der Waals surface area contributed by atoms with E-state index in [0.29, 0.717) is 10.9 Å². The fourth-order valence-electron chi connectivity index (χ4n) is 3.96. The highest BCUT2D eigenvalue weighted by molar-refractivity contribution is 7.80. The van der Waals surface area contributed by atoms with Crippen LogP contribution in [0.5, 0.6) is 0 Å². The first-order valence-corrected chi connectivity index (χ1v) is 10.2. The number of benzene rings is 1. The minimum absolute atomic E-state index is 0.129. The average Bonchev–Trinajstić information content (AvgIpc) is 3.32. The maximum Gasteiger partial charge on any atom is 0.335 e. The molecule has 7 heteroatoms. The van der Waals surface area contributed by atoms with E-state index in [1.807, 2.05) is 37.3 Å². The molecule has 2 aromatic heterocycles. The summed E-state index contributed by atoms with van der Waals surface area (Å²) < 4.78 is 6.30. The molecule has 154 valence electrons. The van der Waals surface area contributed by atoms with Crippen LogP contribution in [0, 0.1) is 6.92 Å². The van der Waals surface area contributed by atoms with E-state index in [1.165, 1.54) is 0 Å². The molecule has 4 rings (SSSR count). The number of nitrogens with one attached hydrogen (secondary N) is 1. The highest BCUT2D eigenvalue weighted by Gasteiger charge is 2.42. The van der Waals surface area contributed by atoms with Crippen LogP contribution < -0.4 is 5.32 Å². The zero-order valence-corrected chi connectivity index (χ0v) is 17.8. The van der Waals surface area contributed by atoms with Crippen molar-refractivity contribution in [2.45, 2.75) is 38.9 Å². The maximum atomic E-state index is 11.2. The van der Waals surface area contributed by atoms with Gasteiger partial charge in [-0.15, -0.1) is 0 Å². The molecule has 3 aromatic rings. The molecule has 0 aliphatic carbocycles. The Kier molecular flexibility index (Phi) is 5.30. The van der Waals surface area contributed by atoms with Crippen LogP contribution in [0.25, 0.3) is 11.3 Å². The van der Waals surface area contributed by atoms with Gasteiger partial charge in [0.05, 0.1) is 17.3 Å². The quantitative estimate of drug-likeness (QED) is 0.577. The van der Waals surface area contributed by atoms with Gasteiger partial charge < -0.3 is 19.7 Å². The highest BCUT2D eigenvalue weighted by atomic mass is 32.1. The van der Waals surface area contributed by atoms with E-state index in [1.54, 1.807) is 24.4 Å². The Morgan fingerprint density at radius 2 is 2.03 bits per heavy atom. The fourth-order valence-corrected chi connectivity index (χ4v) is 4.41. The number of furan rings is 1. The van der Waals surface area contributed by atoms with Crippen LogP contribution in [0.1, 0.15) is 53.3 Å². The lowest BCUT2D eigenvalue weighted by atomic mass is 10.0. The molecule has 0 radical (unpaired) electrons. The maximum absolute atomic E-state index is 11.2. The molecule has 0 unspecified atom stereocenters. The van der Waals surface area contributed by atoms with Gasteiger partial charge in [-0.2, -0.15) is 0 Å². The third-order valence-corrected chi connectivity index (χ3v) is 5.68. The van der Waals surface area contributed by atoms with Crippen LogP contribution in [0.15, 0.2) is 59.1 Å². The van der Waals surface area contributed by atoms with Gasteiger partial charge in [0, 0.05) is 17.8 Å². The largest absolute Gasteiger partial charge is 0.478 e. The molecule has 2 atom stereocenters. The van der Waals surface area contributed by atoms with Gasteiger partial charge in [-0.1, -0.05) is 12.1 Å². The molecular weight excluding hydrogens is 398 g/mol. The molecule has 30 heavy (non-hydrogen) atoms. The van der Waals surface area contributed by atoms with E-state index < -0.39 is 5.97 Å². The summed E-state index contributed by atoms with van der Waals surface area (Å²) in [5.41, 5.74) is 2.87. The summed E-state index contributed by atoms with van der Waals surface area (Å²) in [6, 6.07) is 14.7. The molecule has 1 saturated heterocycles. The van der Waals surface area contributed by atoms with Gasteiger partial charge in [0.15, 0.2) is 5.11 Å². The summed E-state index contributed by atoms with van der Waals surface area (Å²) in [6.45, 7) is 6.08. The van der Waals surface area contributed by atoms with Gasteiger partial charge in [0.1, 0.15) is 17.6 Å². The van der Waals surface area contributed by atoms with Crippen molar-refractivity contribution in [1.82, 2.24) is 15.2 Å². The highest BCUT2D eigenvalue weighted by Crippen LogP contribution is 2.41. The molecule has 1 fully saturated rings. The minimum Gasteiger partial charge on any atom is -0.478 e. The van der Waals surface area contributed by atoms with E-state index in [9.17, 15) is 9.90 Å². The van der Waals surface area contributed by atoms with Gasteiger partial charge in [-0.3, -0.25) is 4.98 Å². The Morgan fingerprint density at radius 3 is 2.67 bits per heavy atom. The zero-order valence-electron chi connectivity index (χ0n) is 17.0. The lowest BCUT2D eigenvalue weighted by Gasteiger charge is -2.29. The number of carboxylic acids is 1. The summed E-state index contributed by atoms with van der Waals surface area (Å²) in [5, 5.41) is 13.3. The van der Waals surface area contributed by atoms with Crippen molar-refractivity contribution < 1.29 is 14.3 Å². The number of nitrogens with zero attached hydrogens (tertiary/aromatic N) is 2. The first kappa shape index (κ1) is 20.1. The number of aromatic carboxylic acids is 1. The topological polar surface area (TPSA) is 78.6 Å². The van der Waals surface area contributed by atoms with Crippen molar-refractivity contribution in [2.75, 3.05) is 0 Å².